The van der Waals surface area contributed by atoms with Crippen LogP contribution in [-0.2, 0) is 13.0 Å². The van der Waals surface area contributed by atoms with Crippen molar-refractivity contribution < 1.29 is 9.84 Å². The predicted molar refractivity (Wildman–Crippen MR) is 55.9 cm³/mol. The van der Waals surface area contributed by atoms with Crippen molar-refractivity contribution in [3.63, 3.8) is 0 Å². The average molecular weight is 212 g/mol. The van der Waals surface area contributed by atoms with Crippen LogP contribution in [0.15, 0.2) is 4.79 Å². The standard InChI is InChI=1S/C10H16N2O3/c1-6(2)4-7-9(14)11-8(5-13)10(12-7)15-3/h6,13H,4-5H2,1-3H3,(H,11,14). The number of nitrogens with zero attached hydrogens (tertiary/aromatic N) is 1. The molecule has 1 heterocycles. The van der Waals surface area contributed by atoms with Crippen LogP contribution < -0.4 is 10.3 Å². The van der Waals surface area contributed by atoms with Gasteiger partial charge in [-0.15, -0.1) is 0 Å². The lowest BCUT2D eigenvalue weighted by molar-refractivity contribution is 0.264. The number of aromatic amines is 1. The summed E-state index contributed by atoms with van der Waals surface area (Å²) in [5.74, 6) is 0.635. The van der Waals surface area contributed by atoms with E-state index in [0.29, 0.717) is 23.7 Å². The molecule has 15 heavy (non-hydrogen) atoms. The lowest BCUT2D eigenvalue weighted by Crippen LogP contribution is -2.20. The fourth-order valence-corrected chi connectivity index (χ4v) is 1.30. The summed E-state index contributed by atoms with van der Waals surface area (Å²) in [4.78, 5) is 18.2. The number of ether oxygens (including phenoxy) is 1. The molecule has 0 aliphatic heterocycles. The Labute approximate surface area is 88.1 Å². The van der Waals surface area contributed by atoms with Crippen molar-refractivity contribution in [1.82, 2.24) is 9.97 Å². The molecule has 2 N–H and O–H groups in total. The van der Waals surface area contributed by atoms with Crippen LogP contribution in [0.3, 0.4) is 0 Å². The minimum atomic E-state index is -0.284. The van der Waals surface area contributed by atoms with Crippen molar-refractivity contribution in [2.24, 2.45) is 5.92 Å². The molecule has 0 spiro atoms. The summed E-state index contributed by atoms with van der Waals surface area (Å²) in [5.41, 5.74) is 0.502. The fraction of sp³-hybridized carbons (Fsp3) is 0.600. The van der Waals surface area contributed by atoms with E-state index in [9.17, 15) is 4.79 Å². The zero-order valence-corrected chi connectivity index (χ0v) is 9.20. The molecular weight excluding hydrogens is 196 g/mol. The number of hydrogen-bond donors (Lipinski definition) is 2. The molecule has 1 aromatic heterocycles. The first-order chi connectivity index (χ1) is 7.08. The lowest BCUT2D eigenvalue weighted by atomic mass is 10.1. The van der Waals surface area contributed by atoms with E-state index in [2.05, 4.69) is 9.97 Å². The van der Waals surface area contributed by atoms with E-state index in [4.69, 9.17) is 9.84 Å². The molecule has 1 aromatic rings. The molecule has 0 aliphatic carbocycles. The molecule has 1 rings (SSSR count). The number of H-pyrrole nitrogens is 1. The third kappa shape index (κ3) is 2.79. The van der Waals surface area contributed by atoms with Gasteiger partial charge in [0.2, 0.25) is 5.88 Å². The molecule has 84 valence electrons. The first-order valence-corrected chi connectivity index (χ1v) is 4.85. The zero-order chi connectivity index (χ0) is 11.4. The molecule has 0 atom stereocenters. The third-order valence-electron chi connectivity index (χ3n) is 1.97. The van der Waals surface area contributed by atoms with Crippen molar-refractivity contribution in [3.8, 4) is 5.88 Å². The van der Waals surface area contributed by atoms with Crippen molar-refractivity contribution >= 4 is 0 Å². The van der Waals surface area contributed by atoms with Crippen molar-refractivity contribution in [2.75, 3.05) is 7.11 Å². The molecule has 0 bridgehead atoms. The van der Waals surface area contributed by atoms with E-state index in [-0.39, 0.29) is 18.0 Å². The second-order valence-electron chi connectivity index (χ2n) is 3.76. The monoisotopic (exact) mass is 212 g/mol. The largest absolute Gasteiger partial charge is 0.480 e. The van der Waals surface area contributed by atoms with Crippen LogP contribution in [0, 0.1) is 5.92 Å². The summed E-state index contributed by atoms with van der Waals surface area (Å²) in [6, 6.07) is 0. The van der Waals surface area contributed by atoms with Crippen LogP contribution in [-0.4, -0.2) is 22.2 Å². The Balaban J connectivity index is 3.14. The van der Waals surface area contributed by atoms with Crippen molar-refractivity contribution in [3.05, 3.63) is 21.7 Å². The maximum Gasteiger partial charge on any atom is 0.270 e. The highest BCUT2D eigenvalue weighted by Gasteiger charge is 2.11. The maximum atomic E-state index is 11.5. The van der Waals surface area contributed by atoms with E-state index in [0.717, 1.165) is 0 Å². The van der Waals surface area contributed by atoms with Gasteiger partial charge >= 0.3 is 0 Å². The molecule has 5 heteroatoms. The minimum absolute atomic E-state index is 0.256. The van der Waals surface area contributed by atoms with Crippen LogP contribution in [0.1, 0.15) is 25.2 Å². The van der Waals surface area contributed by atoms with Crippen LogP contribution in [0.5, 0.6) is 5.88 Å². The normalized spacial score (nSPS) is 10.7. The molecule has 0 aromatic carbocycles. The second-order valence-corrected chi connectivity index (χ2v) is 3.76. The average Bonchev–Trinajstić information content (AvgIpc) is 2.19. The summed E-state index contributed by atoms with van der Waals surface area (Å²) in [5, 5.41) is 8.96. The van der Waals surface area contributed by atoms with E-state index < -0.39 is 0 Å². The van der Waals surface area contributed by atoms with Gasteiger partial charge in [0.1, 0.15) is 11.4 Å². The Hall–Kier alpha value is -1.36. The number of hydrogen-bond acceptors (Lipinski definition) is 4. The van der Waals surface area contributed by atoms with Gasteiger partial charge in [-0.05, 0) is 12.3 Å². The zero-order valence-electron chi connectivity index (χ0n) is 9.20. The minimum Gasteiger partial charge on any atom is -0.480 e. The summed E-state index contributed by atoms with van der Waals surface area (Å²) < 4.78 is 4.97. The van der Waals surface area contributed by atoms with E-state index >= 15 is 0 Å². The Morgan fingerprint density at radius 2 is 2.20 bits per heavy atom. The number of aliphatic hydroxyl groups is 1. The number of methoxy groups -OCH3 is 1. The number of nitrogens with one attached hydrogen (secondary N) is 1. The third-order valence-corrected chi connectivity index (χ3v) is 1.97. The summed E-state index contributed by atoms with van der Waals surface area (Å²) in [6.07, 6.45) is 0.595. The van der Waals surface area contributed by atoms with Gasteiger partial charge in [0.25, 0.3) is 5.56 Å². The maximum absolute atomic E-state index is 11.5. The molecular formula is C10H16N2O3. The topological polar surface area (TPSA) is 75.2 Å². The van der Waals surface area contributed by atoms with Crippen LogP contribution in [0.4, 0.5) is 0 Å². The summed E-state index contributed by atoms with van der Waals surface area (Å²) >= 11 is 0. The highest BCUT2D eigenvalue weighted by molar-refractivity contribution is 5.19. The Bertz CT molecular complexity index is 385. The first-order valence-electron chi connectivity index (χ1n) is 4.85. The molecule has 0 amide bonds. The van der Waals surface area contributed by atoms with Crippen molar-refractivity contribution in [1.29, 1.82) is 0 Å². The highest BCUT2D eigenvalue weighted by atomic mass is 16.5. The molecule has 0 saturated heterocycles. The van der Waals surface area contributed by atoms with Gasteiger partial charge in [-0.2, -0.15) is 0 Å². The van der Waals surface area contributed by atoms with E-state index in [1.54, 1.807) is 0 Å². The number of aliphatic hydroxyl groups excluding tert-OH is 1. The highest BCUT2D eigenvalue weighted by Crippen LogP contribution is 2.11. The SMILES string of the molecule is COc1nc(CC(C)C)c(=O)[nH]c1CO. The Kier molecular flexibility index (Phi) is 3.85. The summed E-state index contributed by atoms with van der Waals surface area (Å²) in [7, 11) is 1.46. The van der Waals surface area contributed by atoms with Gasteiger partial charge in [0.05, 0.1) is 13.7 Å². The molecule has 0 aliphatic rings. The molecule has 5 nitrogen and oxygen atoms in total. The Morgan fingerprint density at radius 3 is 2.67 bits per heavy atom. The number of rotatable bonds is 4. The van der Waals surface area contributed by atoms with Gasteiger partial charge < -0.3 is 14.8 Å². The molecule has 0 saturated carbocycles. The van der Waals surface area contributed by atoms with Gasteiger partial charge in [-0.1, -0.05) is 13.8 Å². The smallest absolute Gasteiger partial charge is 0.270 e. The number of aromatic nitrogens is 2. The summed E-state index contributed by atoms with van der Waals surface area (Å²) in [6.45, 7) is 3.73. The quantitative estimate of drug-likeness (QED) is 0.760. The lowest BCUT2D eigenvalue weighted by Gasteiger charge is -2.08. The predicted octanol–water partition coefficient (Wildman–Crippen LogP) is 0.469. The molecule has 0 unspecified atom stereocenters. The molecule has 0 radical (unpaired) electrons. The molecule has 0 fully saturated rings. The fourth-order valence-electron chi connectivity index (χ4n) is 1.30. The first kappa shape index (κ1) is 11.7. The van der Waals surface area contributed by atoms with Crippen molar-refractivity contribution in [2.45, 2.75) is 26.9 Å². The second kappa shape index (κ2) is 4.93. The van der Waals surface area contributed by atoms with Gasteiger partial charge in [-0.25, -0.2) is 4.98 Å². The van der Waals surface area contributed by atoms with Gasteiger partial charge in [0.15, 0.2) is 0 Å². The van der Waals surface area contributed by atoms with E-state index in [1.165, 1.54) is 7.11 Å². The van der Waals surface area contributed by atoms with Crippen LogP contribution in [0.2, 0.25) is 0 Å². The van der Waals surface area contributed by atoms with Crippen LogP contribution >= 0.6 is 0 Å². The van der Waals surface area contributed by atoms with Gasteiger partial charge in [-0.3, -0.25) is 4.79 Å². The van der Waals surface area contributed by atoms with Crippen LogP contribution in [0.25, 0.3) is 0 Å². The van der Waals surface area contributed by atoms with E-state index in [1.807, 2.05) is 13.8 Å². The van der Waals surface area contributed by atoms with Gasteiger partial charge in [0, 0.05) is 0 Å². The Morgan fingerprint density at radius 1 is 1.53 bits per heavy atom.